The number of hydrogen-bond donors (Lipinski definition) is 2. The van der Waals surface area contributed by atoms with Gasteiger partial charge in [0.05, 0.1) is 6.54 Å². The molecule has 1 unspecified atom stereocenters. The Bertz CT molecular complexity index is 359. The zero-order chi connectivity index (χ0) is 9.97. The molecule has 2 heterocycles. The molecular weight excluding hydrogens is 200 g/mol. The van der Waals surface area contributed by atoms with Crippen molar-refractivity contribution in [2.24, 2.45) is 4.99 Å². The number of rotatable bonds is 2. The summed E-state index contributed by atoms with van der Waals surface area (Å²) in [4.78, 5) is 19.5. The number of nitrogens with one attached hydrogen (secondary N) is 2. The van der Waals surface area contributed by atoms with Crippen LogP contribution in [0.1, 0.15) is 6.92 Å². The number of hydrogen-bond acceptors (Lipinski definition) is 5. The first-order chi connectivity index (χ1) is 6.75. The summed E-state index contributed by atoms with van der Waals surface area (Å²) >= 11 is 1.39. The van der Waals surface area contributed by atoms with Crippen molar-refractivity contribution in [3.63, 3.8) is 0 Å². The van der Waals surface area contributed by atoms with Crippen LogP contribution in [0.5, 0.6) is 0 Å². The highest BCUT2D eigenvalue weighted by molar-refractivity contribution is 7.13. The highest BCUT2D eigenvalue weighted by Crippen LogP contribution is 2.10. The van der Waals surface area contributed by atoms with Gasteiger partial charge in [-0.2, -0.15) is 0 Å². The lowest BCUT2D eigenvalue weighted by Crippen LogP contribution is -2.36. The first-order valence-electron chi connectivity index (χ1n) is 4.27. The summed E-state index contributed by atoms with van der Waals surface area (Å²) in [6.07, 6.45) is 1.65. The fourth-order valence-electron chi connectivity index (χ4n) is 1.13. The maximum Gasteiger partial charge on any atom is 0.292 e. The number of nitrogens with zero attached hydrogens (tertiary/aromatic N) is 2. The van der Waals surface area contributed by atoms with Gasteiger partial charge in [-0.1, -0.05) is 0 Å². The molecular formula is C8H10N4OS. The third-order valence-electron chi connectivity index (χ3n) is 1.77. The minimum atomic E-state index is -0.218. The van der Waals surface area contributed by atoms with Crippen LogP contribution in [0.3, 0.4) is 0 Å². The van der Waals surface area contributed by atoms with Gasteiger partial charge in [-0.05, 0) is 6.92 Å². The van der Waals surface area contributed by atoms with Crippen LogP contribution >= 0.6 is 11.3 Å². The van der Waals surface area contributed by atoms with E-state index < -0.39 is 0 Å². The van der Waals surface area contributed by atoms with Crippen LogP contribution in [0.2, 0.25) is 0 Å². The van der Waals surface area contributed by atoms with Gasteiger partial charge in [-0.15, -0.1) is 11.3 Å². The first-order valence-corrected chi connectivity index (χ1v) is 5.15. The molecule has 1 amide bonds. The summed E-state index contributed by atoms with van der Waals surface area (Å²) in [6.45, 7) is 2.63. The normalized spacial score (nSPS) is 20.1. The van der Waals surface area contributed by atoms with Crippen molar-refractivity contribution in [3.8, 4) is 0 Å². The highest BCUT2D eigenvalue weighted by atomic mass is 32.1. The molecule has 14 heavy (non-hydrogen) atoms. The third-order valence-corrected chi connectivity index (χ3v) is 2.46. The van der Waals surface area contributed by atoms with Crippen molar-refractivity contribution in [2.45, 2.75) is 13.0 Å². The fraction of sp³-hybridized carbons (Fsp3) is 0.375. The van der Waals surface area contributed by atoms with Gasteiger partial charge < -0.3 is 5.32 Å². The van der Waals surface area contributed by atoms with E-state index in [9.17, 15) is 4.79 Å². The van der Waals surface area contributed by atoms with Gasteiger partial charge in [0.2, 0.25) is 0 Å². The average molecular weight is 210 g/mol. The lowest BCUT2D eigenvalue weighted by Gasteiger charge is -2.04. The molecule has 1 aromatic rings. The molecule has 1 aliphatic rings. The average Bonchev–Trinajstić information content (AvgIpc) is 2.75. The Balaban J connectivity index is 1.97. The van der Waals surface area contributed by atoms with Gasteiger partial charge in [0.25, 0.3) is 5.91 Å². The number of carbonyl (C=O) groups excluding carboxylic acids is 1. The zero-order valence-corrected chi connectivity index (χ0v) is 8.47. The second-order valence-corrected chi connectivity index (χ2v) is 3.92. The number of amides is 1. The van der Waals surface area contributed by atoms with Crippen LogP contribution in [0.15, 0.2) is 16.6 Å². The number of carbonyl (C=O) groups is 1. The van der Waals surface area contributed by atoms with E-state index in [1.165, 1.54) is 11.3 Å². The van der Waals surface area contributed by atoms with E-state index in [0.717, 1.165) is 0 Å². The maximum atomic E-state index is 11.5. The quantitative estimate of drug-likeness (QED) is 0.745. The van der Waals surface area contributed by atoms with Crippen molar-refractivity contribution >= 4 is 28.2 Å². The van der Waals surface area contributed by atoms with E-state index in [4.69, 9.17) is 0 Å². The van der Waals surface area contributed by atoms with E-state index in [2.05, 4.69) is 20.6 Å². The van der Waals surface area contributed by atoms with Crippen molar-refractivity contribution in [1.29, 1.82) is 0 Å². The lowest BCUT2D eigenvalue weighted by atomic mass is 10.4. The number of anilines is 1. The minimum Gasteiger partial charge on any atom is -0.361 e. The van der Waals surface area contributed by atoms with E-state index in [0.29, 0.717) is 17.5 Å². The zero-order valence-electron chi connectivity index (χ0n) is 7.65. The number of aliphatic imine (C=N–C) groups is 1. The SMILES string of the molecule is CC1CN=C(C(=O)Nc2nccs2)N1. The van der Waals surface area contributed by atoms with E-state index in [1.807, 2.05) is 12.3 Å². The third kappa shape index (κ3) is 1.90. The van der Waals surface area contributed by atoms with Gasteiger partial charge >= 0.3 is 0 Å². The van der Waals surface area contributed by atoms with Crippen molar-refractivity contribution in [1.82, 2.24) is 10.3 Å². The molecule has 2 N–H and O–H groups in total. The van der Waals surface area contributed by atoms with Crippen molar-refractivity contribution < 1.29 is 4.79 Å². The molecule has 74 valence electrons. The van der Waals surface area contributed by atoms with E-state index in [1.54, 1.807) is 6.20 Å². The molecule has 1 aromatic heterocycles. The smallest absolute Gasteiger partial charge is 0.292 e. The van der Waals surface area contributed by atoms with Gasteiger partial charge in [0.15, 0.2) is 11.0 Å². The van der Waals surface area contributed by atoms with Crippen LogP contribution in [0.25, 0.3) is 0 Å². The Morgan fingerprint density at radius 3 is 3.21 bits per heavy atom. The van der Waals surface area contributed by atoms with Crippen molar-refractivity contribution in [2.75, 3.05) is 11.9 Å². The van der Waals surface area contributed by atoms with E-state index >= 15 is 0 Å². The lowest BCUT2D eigenvalue weighted by molar-refractivity contribution is -0.110. The summed E-state index contributed by atoms with van der Waals surface area (Å²) in [6, 6.07) is 0.243. The Hall–Kier alpha value is -1.43. The molecule has 0 bridgehead atoms. The Labute approximate surface area is 85.3 Å². The number of amidine groups is 1. The summed E-state index contributed by atoms with van der Waals surface area (Å²) in [5.41, 5.74) is 0. The molecule has 0 spiro atoms. The summed E-state index contributed by atoms with van der Waals surface area (Å²) in [5.74, 6) is 0.178. The summed E-state index contributed by atoms with van der Waals surface area (Å²) in [7, 11) is 0. The molecule has 0 saturated carbocycles. The molecule has 0 fully saturated rings. The highest BCUT2D eigenvalue weighted by Gasteiger charge is 2.19. The molecule has 1 aliphatic heterocycles. The Morgan fingerprint density at radius 1 is 1.79 bits per heavy atom. The number of aromatic nitrogens is 1. The van der Waals surface area contributed by atoms with E-state index in [-0.39, 0.29) is 11.9 Å². The second-order valence-electron chi connectivity index (χ2n) is 3.03. The number of thiazole rings is 1. The van der Waals surface area contributed by atoms with Crippen LogP contribution < -0.4 is 10.6 Å². The van der Waals surface area contributed by atoms with Crippen LogP contribution in [-0.2, 0) is 4.79 Å². The van der Waals surface area contributed by atoms with Gasteiger partial charge in [-0.3, -0.25) is 15.1 Å². The van der Waals surface area contributed by atoms with Gasteiger partial charge in [0.1, 0.15) is 0 Å². The predicted octanol–water partition coefficient (Wildman–Crippen LogP) is 0.472. The summed E-state index contributed by atoms with van der Waals surface area (Å²) in [5, 5.41) is 8.04. The molecule has 5 nitrogen and oxygen atoms in total. The standard InChI is InChI=1S/C8H10N4OS/c1-5-4-10-6(11-5)7(13)12-8-9-2-3-14-8/h2-3,5H,4H2,1H3,(H,10,11)(H,9,12,13). The molecule has 0 saturated heterocycles. The van der Waals surface area contributed by atoms with Crippen LogP contribution in [-0.4, -0.2) is 29.3 Å². The summed E-state index contributed by atoms with van der Waals surface area (Å²) < 4.78 is 0. The molecule has 0 aromatic carbocycles. The van der Waals surface area contributed by atoms with Gasteiger partial charge in [0, 0.05) is 17.6 Å². The topological polar surface area (TPSA) is 66.4 Å². The molecule has 6 heteroatoms. The minimum absolute atomic E-state index is 0.218. The first kappa shape index (κ1) is 9.14. The Morgan fingerprint density at radius 2 is 2.64 bits per heavy atom. The van der Waals surface area contributed by atoms with Crippen molar-refractivity contribution in [3.05, 3.63) is 11.6 Å². The monoisotopic (exact) mass is 210 g/mol. The van der Waals surface area contributed by atoms with Crippen LogP contribution in [0.4, 0.5) is 5.13 Å². The Kier molecular flexibility index (Phi) is 2.45. The second kappa shape index (κ2) is 3.75. The fourth-order valence-corrected chi connectivity index (χ4v) is 1.66. The predicted molar refractivity (Wildman–Crippen MR) is 55.6 cm³/mol. The maximum absolute atomic E-state index is 11.5. The molecule has 0 aliphatic carbocycles. The molecule has 2 rings (SSSR count). The van der Waals surface area contributed by atoms with Crippen LogP contribution in [0, 0.1) is 0 Å². The largest absolute Gasteiger partial charge is 0.361 e. The molecule has 1 atom stereocenters. The van der Waals surface area contributed by atoms with Gasteiger partial charge in [-0.25, -0.2) is 4.98 Å². The molecule has 0 radical (unpaired) electrons.